The number of rotatable bonds is 2. The van der Waals surface area contributed by atoms with E-state index in [1.165, 1.54) is 19.3 Å². The van der Waals surface area contributed by atoms with Crippen molar-refractivity contribution in [2.75, 3.05) is 5.32 Å². The van der Waals surface area contributed by atoms with Crippen molar-refractivity contribution >= 4 is 5.82 Å². The molecule has 0 atom stereocenters. The lowest BCUT2D eigenvalue weighted by molar-refractivity contribution is 0.306. The SMILES string of the molecule is CC1(Nc2cc(C#N)ccn2)CCC1. The third kappa shape index (κ3) is 1.69. The van der Waals surface area contributed by atoms with Crippen molar-refractivity contribution in [1.29, 1.82) is 5.26 Å². The lowest BCUT2D eigenvalue weighted by Crippen LogP contribution is -2.41. The molecule has 3 heteroatoms. The van der Waals surface area contributed by atoms with Gasteiger partial charge < -0.3 is 5.32 Å². The van der Waals surface area contributed by atoms with Gasteiger partial charge in [0.25, 0.3) is 0 Å². The van der Waals surface area contributed by atoms with Gasteiger partial charge in [-0.3, -0.25) is 0 Å². The zero-order valence-electron chi connectivity index (χ0n) is 8.25. The molecule has 1 fully saturated rings. The van der Waals surface area contributed by atoms with E-state index in [2.05, 4.69) is 23.3 Å². The summed E-state index contributed by atoms with van der Waals surface area (Å²) in [7, 11) is 0. The highest BCUT2D eigenvalue weighted by Gasteiger charge is 2.31. The van der Waals surface area contributed by atoms with E-state index in [-0.39, 0.29) is 5.54 Å². The molecular formula is C11H13N3. The van der Waals surface area contributed by atoms with Crippen LogP contribution in [0.25, 0.3) is 0 Å². The summed E-state index contributed by atoms with van der Waals surface area (Å²) in [5.41, 5.74) is 0.853. The highest BCUT2D eigenvalue weighted by molar-refractivity contribution is 5.44. The summed E-state index contributed by atoms with van der Waals surface area (Å²) in [5, 5.41) is 12.1. The summed E-state index contributed by atoms with van der Waals surface area (Å²) < 4.78 is 0. The van der Waals surface area contributed by atoms with E-state index in [4.69, 9.17) is 5.26 Å². The minimum absolute atomic E-state index is 0.196. The molecular weight excluding hydrogens is 174 g/mol. The first-order valence-corrected chi connectivity index (χ1v) is 4.86. The summed E-state index contributed by atoms with van der Waals surface area (Å²) in [6.45, 7) is 2.19. The molecule has 0 unspecified atom stereocenters. The van der Waals surface area contributed by atoms with E-state index in [0.717, 1.165) is 5.82 Å². The number of hydrogen-bond acceptors (Lipinski definition) is 3. The van der Waals surface area contributed by atoms with Crippen LogP contribution in [0.15, 0.2) is 18.3 Å². The molecule has 1 aliphatic carbocycles. The molecule has 1 aromatic rings. The Morgan fingerprint density at radius 1 is 1.57 bits per heavy atom. The summed E-state index contributed by atoms with van der Waals surface area (Å²) in [4.78, 5) is 4.19. The largest absolute Gasteiger partial charge is 0.365 e. The molecule has 1 heterocycles. The standard InChI is InChI=1S/C11H13N3/c1-11(4-2-5-11)14-10-7-9(8-12)3-6-13-10/h3,6-7H,2,4-5H2,1H3,(H,13,14). The van der Waals surface area contributed by atoms with Crippen LogP contribution in [0.1, 0.15) is 31.7 Å². The second-order valence-electron chi connectivity index (χ2n) is 4.08. The van der Waals surface area contributed by atoms with Crippen molar-refractivity contribution in [3.63, 3.8) is 0 Å². The van der Waals surface area contributed by atoms with Gasteiger partial charge in [-0.2, -0.15) is 5.26 Å². The smallest absolute Gasteiger partial charge is 0.127 e. The maximum atomic E-state index is 8.73. The summed E-state index contributed by atoms with van der Waals surface area (Å²) in [6.07, 6.45) is 5.32. The van der Waals surface area contributed by atoms with Crippen molar-refractivity contribution in [3.05, 3.63) is 23.9 Å². The summed E-state index contributed by atoms with van der Waals surface area (Å²) >= 11 is 0. The maximum Gasteiger partial charge on any atom is 0.127 e. The lowest BCUT2D eigenvalue weighted by atomic mass is 9.78. The fourth-order valence-electron chi connectivity index (χ4n) is 1.71. The second kappa shape index (κ2) is 3.30. The van der Waals surface area contributed by atoms with Crippen LogP contribution in [0.4, 0.5) is 5.82 Å². The quantitative estimate of drug-likeness (QED) is 0.772. The first-order chi connectivity index (χ1) is 6.72. The van der Waals surface area contributed by atoms with Crippen LogP contribution in [-0.4, -0.2) is 10.5 Å². The van der Waals surface area contributed by atoms with Gasteiger partial charge in [-0.25, -0.2) is 4.98 Å². The molecule has 0 saturated heterocycles. The molecule has 14 heavy (non-hydrogen) atoms. The van der Waals surface area contributed by atoms with Crippen LogP contribution in [0.5, 0.6) is 0 Å². The number of aromatic nitrogens is 1. The second-order valence-corrected chi connectivity index (χ2v) is 4.08. The Bertz CT molecular complexity index is 374. The molecule has 0 spiro atoms. The number of hydrogen-bond donors (Lipinski definition) is 1. The number of nitriles is 1. The van der Waals surface area contributed by atoms with Crippen LogP contribution in [0.3, 0.4) is 0 Å². The topological polar surface area (TPSA) is 48.7 Å². The Kier molecular flexibility index (Phi) is 2.12. The van der Waals surface area contributed by atoms with E-state index in [1.54, 1.807) is 18.3 Å². The van der Waals surface area contributed by atoms with Crippen LogP contribution in [0.2, 0.25) is 0 Å². The van der Waals surface area contributed by atoms with E-state index < -0.39 is 0 Å². The third-order valence-corrected chi connectivity index (χ3v) is 2.78. The highest BCUT2D eigenvalue weighted by atomic mass is 15.1. The van der Waals surface area contributed by atoms with Crippen LogP contribution in [-0.2, 0) is 0 Å². The van der Waals surface area contributed by atoms with Gasteiger partial charge in [-0.1, -0.05) is 0 Å². The Hall–Kier alpha value is -1.56. The van der Waals surface area contributed by atoms with Crippen molar-refractivity contribution < 1.29 is 0 Å². The van der Waals surface area contributed by atoms with Crippen molar-refractivity contribution in [3.8, 4) is 6.07 Å². The molecule has 0 amide bonds. The van der Waals surface area contributed by atoms with Gasteiger partial charge in [0, 0.05) is 11.7 Å². The fourth-order valence-corrected chi connectivity index (χ4v) is 1.71. The predicted molar refractivity (Wildman–Crippen MR) is 54.8 cm³/mol. The molecule has 1 N–H and O–H groups in total. The van der Waals surface area contributed by atoms with E-state index in [0.29, 0.717) is 5.56 Å². The molecule has 0 aliphatic heterocycles. The van der Waals surface area contributed by atoms with Gasteiger partial charge in [0.1, 0.15) is 5.82 Å². The summed E-state index contributed by atoms with van der Waals surface area (Å²) in [5.74, 6) is 0.811. The van der Waals surface area contributed by atoms with Gasteiger partial charge in [-0.15, -0.1) is 0 Å². The fraction of sp³-hybridized carbons (Fsp3) is 0.455. The Morgan fingerprint density at radius 2 is 2.36 bits per heavy atom. The van der Waals surface area contributed by atoms with Gasteiger partial charge in [0.15, 0.2) is 0 Å². The number of pyridine rings is 1. The molecule has 3 nitrogen and oxygen atoms in total. The van der Waals surface area contributed by atoms with Gasteiger partial charge in [-0.05, 0) is 38.3 Å². The molecule has 2 rings (SSSR count). The molecule has 1 saturated carbocycles. The van der Waals surface area contributed by atoms with E-state index in [1.807, 2.05) is 0 Å². The normalized spacial score (nSPS) is 18.0. The average Bonchev–Trinajstić information content (AvgIpc) is 2.16. The lowest BCUT2D eigenvalue weighted by Gasteiger charge is -2.39. The first kappa shape index (κ1) is 9.01. The molecule has 0 radical (unpaired) electrons. The van der Waals surface area contributed by atoms with Crippen molar-refractivity contribution in [2.24, 2.45) is 0 Å². The predicted octanol–water partition coefficient (Wildman–Crippen LogP) is 2.31. The summed E-state index contributed by atoms with van der Waals surface area (Å²) in [6, 6.07) is 5.62. The zero-order chi connectivity index (χ0) is 10.0. The molecule has 1 aromatic heterocycles. The minimum atomic E-state index is 0.196. The molecule has 0 bridgehead atoms. The van der Waals surface area contributed by atoms with E-state index in [9.17, 15) is 0 Å². The Labute approximate surface area is 83.8 Å². The van der Waals surface area contributed by atoms with Crippen molar-refractivity contribution in [2.45, 2.75) is 31.7 Å². The number of nitrogens with one attached hydrogen (secondary N) is 1. The number of nitrogens with zero attached hydrogens (tertiary/aromatic N) is 2. The molecule has 1 aliphatic rings. The van der Waals surface area contributed by atoms with Gasteiger partial charge in [0.2, 0.25) is 0 Å². The average molecular weight is 187 g/mol. The maximum absolute atomic E-state index is 8.73. The van der Waals surface area contributed by atoms with Crippen LogP contribution in [0, 0.1) is 11.3 Å². The molecule has 72 valence electrons. The highest BCUT2D eigenvalue weighted by Crippen LogP contribution is 2.34. The van der Waals surface area contributed by atoms with Crippen LogP contribution < -0.4 is 5.32 Å². The Morgan fingerprint density at radius 3 is 2.93 bits per heavy atom. The van der Waals surface area contributed by atoms with E-state index >= 15 is 0 Å². The first-order valence-electron chi connectivity index (χ1n) is 4.86. The Balaban J connectivity index is 2.13. The zero-order valence-corrected chi connectivity index (χ0v) is 8.25. The van der Waals surface area contributed by atoms with Crippen LogP contribution >= 0.6 is 0 Å². The minimum Gasteiger partial charge on any atom is -0.365 e. The molecule has 0 aromatic carbocycles. The third-order valence-electron chi connectivity index (χ3n) is 2.78. The number of anilines is 1. The van der Waals surface area contributed by atoms with Gasteiger partial charge >= 0.3 is 0 Å². The van der Waals surface area contributed by atoms with Gasteiger partial charge in [0.05, 0.1) is 11.6 Å². The monoisotopic (exact) mass is 187 g/mol. The van der Waals surface area contributed by atoms with Crippen molar-refractivity contribution in [1.82, 2.24) is 4.98 Å².